The Hall–Kier alpha value is -2.50. The molecule has 2 aromatic rings. The summed E-state index contributed by atoms with van der Waals surface area (Å²) in [6, 6.07) is 12.2. The molecule has 3 rings (SSSR count). The molecule has 1 amide bonds. The van der Waals surface area contributed by atoms with E-state index < -0.39 is 11.7 Å². The highest BCUT2D eigenvalue weighted by Crippen LogP contribution is 2.30. The molecule has 1 heterocycles. The van der Waals surface area contributed by atoms with Crippen molar-refractivity contribution in [3.05, 3.63) is 72.1 Å². The van der Waals surface area contributed by atoms with Gasteiger partial charge in [0.25, 0.3) is 5.91 Å². The van der Waals surface area contributed by atoms with Gasteiger partial charge < -0.3 is 9.80 Å². The second-order valence-electron chi connectivity index (χ2n) is 6.02. The van der Waals surface area contributed by atoms with E-state index in [-0.39, 0.29) is 5.91 Å². The topological polar surface area (TPSA) is 23.6 Å². The van der Waals surface area contributed by atoms with Crippen molar-refractivity contribution in [3.8, 4) is 0 Å². The molecule has 0 bridgehead atoms. The molecule has 0 N–H and O–H groups in total. The second-order valence-corrected chi connectivity index (χ2v) is 6.02. The number of alkyl halides is 3. The molecule has 0 unspecified atom stereocenters. The number of carbonyl (C=O) groups excluding carboxylic acids is 1. The number of hydrogen-bond donors (Lipinski definition) is 0. The Balaban J connectivity index is 1.61. The minimum absolute atomic E-state index is 0.0351. The Morgan fingerprint density at radius 2 is 1.44 bits per heavy atom. The van der Waals surface area contributed by atoms with Crippen molar-refractivity contribution in [1.82, 2.24) is 4.90 Å². The standard InChI is InChI=1S/C19H18F3N2O/c1-14-2-4-15(5-3-14)18(25)24-12-10-23(11-13-24)17-8-6-16(7-9-17)19(20,21)22/h2-9H,1,10-13H2. The van der Waals surface area contributed by atoms with Crippen molar-refractivity contribution in [2.45, 2.75) is 6.18 Å². The molecule has 3 nitrogen and oxygen atoms in total. The van der Waals surface area contributed by atoms with E-state index in [1.807, 2.05) is 4.90 Å². The fourth-order valence-corrected chi connectivity index (χ4v) is 2.86. The minimum atomic E-state index is -4.33. The lowest BCUT2D eigenvalue weighted by atomic mass is 10.1. The summed E-state index contributed by atoms with van der Waals surface area (Å²) >= 11 is 0. The first-order valence-corrected chi connectivity index (χ1v) is 7.98. The first-order valence-electron chi connectivity index (χ1n) is 7.98. The molecule has 1 saturated heterocycles. The van der Waals surface area contributed by atoms with Gasteiger partial charge in [-0.05, 0) is 48.9 Å². The number of halogens is 3. The summed E-state index contributed by atoms with van der Waals surface area (Å²) in [7, 11) is 0. The van der Waals surface area contributed by atoms with Gasteiger partial charge in [0, 0.05) is 37.4 Å². The lowest BCUT2D eigenvalue weighted by molar-refractivity contribution is -0.137. The smallest absolute Gasteiger partial charge is 0.368 e. The zero-order chi connectivity index (χ0) is 18.0. The fraction of sp³-hybridized carbons (Fsp3) is 0.263. The largest absolute Gasteiger partial charge is 0.416 e. The van der Waals surface area contributed by atoms with Crippen molar-refractivity contribution >= 4 is 11.6 Å². The molecular weight excluding hydrogens is 329 g/mol. The van der Waals surface area contributed by atoms with Crippen LogP contribution in [0, 0.1) is 6.92 Å². The van der Waals surface area contributed by atoms with Crippen LogP contribution in [0.1, 0.15) is 21.5 Å². The van der Waals surface area contributed by atoms with Crippen LogP contribution < -0.4 is 4.90 Å². The Morgan fingerprint density at radius 3 is 1.96 bits per heavy atom. The minimum Gasteiger partial charge on any atom is -0.368 e. The lowest BCUT2D eigenvalue weighted by Gasteiger charge is -2.36. The van der Waals surface area contributed by atoms with Crippen LogP contribution in [0.4, 0.5) is 18.9 Å². The van der Waals surface area contributed by atoms with Crippen LogP contribution in [-0.2, 0) is 6.18 Å². The molecule has 0 atom stereocenters. The zero-order valence-corrected chi connectivity index (χ0v) is 13.6. The number of hydrogen-bond acceptors (Lipinski definition) is 2. The van der Waals surface area contributed by atoms with E-state index in [4.69, 9.17) is 0 Å². The first-order chi connectivity index (χ1) is 11.8. The number of rotatable bonds is 2. The first kappa shape index (κ1) is 17.3. The summed E-state index contributed by atoms with van der Waals surface area (Å²) in [5, 5.41) is 0. The summed E-state index contributed by atoms with van der Waals surface area (Å²) in [6.45, 7) is 6.04. The van der Waals surface area contributed by atoms with Gasteiger partial charge in [0.1, 0.15) is 0 Å². The van der Waals surface area contributed by atoms with Gasteiger partial charge in [-0.15, -0.1) is 0 Å². The van der Waals surface area contributed by atoms with Gasteiger partial charge in [-0.2, -0.15) is 13.2 Å². The monoisotopic (exact) mass is 347 g/mol. The van der Waals surface area contributed by atoms with Crippen molar-refractivity contribution < 1.29 is 18.0 Å². The SMILES string of the molecule is [CH2]c1ccc(C(=O)N2CCN(c3ccc(C(F)(F)F)cc3)CC2)cc1. The third kappa shape index (κ3) is 3.95. The molecule has 1 radical (unpaired) electrons. The zero-order valence-electron chi connectivity index (χ0n) is 13.6. The van der Waals surface area contributed by atoms with E-state index in [0.717, 1.165) is 23.4 Å². The summed E-state index contributed by atoms with van der Waals surface area (Å²) in [4.78, 5) is 16.2. The Morgan fingerprint density at radius 1 is 0.880 bits per heavy atom. The van der Waals surface area contributed by atoms with Crippen LogP contribution in [0.25, 0.3) is 0 Å². The number of carbonyl (C=O) groups is 1. The maximum Gasteiger partial charge on any atom is 0.416 e. The molecule has 0 aromatic heterocycles. The Bertz CT molecular complexity index is 731. The highest BCUT2D eigenvalue weighted by Gasteiger charge is 2.30. The number of benzene rings is 2. The fourth-order valence-electron chi connectivity index (χ4n) is 2.86. The highest BCUT2D eigenvalue weighted by molar-refractivity contribution is 5.94. The summed E-state index contributed by atoms with van der Waals surface area (Å²) in [6.07, 6.45) is -4.33. The molecule has 0 spiro atoms. The van der Waals surface area contributed by atoms with E-state index >= 15 is 0 Å². The number of anilines is 1. The average molecular weight is 347 g/mol. The second kappa shape index (κ2) is 6.78. The van der Waals surface area contributed by atoms with E-state index in [1.54, 1.807) is 29.2 Å². The third-order valence-electron chi connectivity index (χ3n) is 4.33. The molecule has 1 aliphatic heterocycles. The van der Waals surface area contributed by atoms with E-state index in [2.05, 4.69) is 6.92 Å². The molecule has 2 aromatic carbocycles. The Kier molecular flexibility index (Phi) is 4.70. The van der Waals surface area contributed by atoms with Crippen molar-refractivity contribution in [1.29, 1.82) is 0 Å². The lowest BCUT2D eigenvalue weighted by Crippen LogP contribution is -2.48. The number of nitrogens with zero attached hydrogens (tertiary/aromatic N) is 2. The summed E-state index contributed by atoms with van der Waals surface area (Å²) < 4.78 is 37.9. The summed E-state index contributed by atoms with van der Waals surface area (Å²) in [5.74, 6) is -0.0351. The molecule has 25 heavy (non-hydrogen) atoms. The molecule has 1 aliphatic rings. The van der Waals surface area contributed by atoms with Crippen LogP contribution >= 0.6 is 0 Å². The van der Waals surface area contributed by atoms with Crippen molar-refractivity contribution in [3.63, 3.8) is 0 Å². The van der Waals surface area contributed by atoms with E-state index in [9.17, 15) is 18.0 Å². The van der Waals surface area contributed by atoms with Gasteiger partial charge in [0.15, 0.2) is 0 Å². The summed E-state index contributed by atoms with van der Waals surface area (Å²) in [5.41, 5.74) is 1.56. The quantitative estimate of drug-likeness (QED) is 0.824. The van der Waals surface area contributed by atoms with Crippen LogP contribution in [0.3, 0.4) is 0 Å². The third-order valence-corrected chi connectivity index (χ3v) is 4.33. The molecule has 6 heteroatoms. The normalized spacial score (nSPS) is 15.4. The van der Waals surface area contributed by atoms with Gasteiger partial charge >= 0.3 is 6.18 Å². The molecule has 0 aliphatic carbocycles. The van der Waals surface area contributed by atoms with Crippen molar-refractivity contribution in [2.24, 2.45) is 0 Å². The maximum absolute atomic E-state index is 12.6. The van der Waals surface area contributed by atoms with Gasteiger partial charge in [0.05, 0.1) is 5.56 Å². The predicted octanol–water partition coefficient (Wildman–Crippen LogP) is 3.85. The highest BCUT2D eigenvalue weighted by atomic mass is 19.4. The van der Waals surface area contributed by atoms with Crippen LogP contribution in [-0.4, -0.2) is 37.0 Å². The van der Waals surface area contributed by atoms with Gasteiger partial charge in [0.2, 0.25) is 0 Å². The van der Waals surface area contributed by atoms with E-state index in [0.29, 0.717) is 31.7 Å². The number of piperazine rings is 1. The van der Waals surface area contributed by atoms with Crippen LogP contribution in [0.5, 0.6) is 0 Å². The van der Waals surface area contributed by atoms with Gasteiger partial charge in [-0.25, -0.2) is 0 Å². The molecule has 0 saturated carbocycles. The van der Waals surface area contributed by atoms with Crippen molar-refractivity contribution in [2.75, 3.05) is 31.1 Å². The Labute approximate surface area is 144 Å². The average Bonchev–Trinajstić information content (AvgIpc) is 2.61. The van der Waals surface area contributed by atoms with Gasteiger partial charge in [-0.3, -0.25) is 4.79 Å². The molecule has 131 valence electrons. The van der Waals surface area contributed by atoms with Gasteiger partial charge in [-0.1, -0.05) is 12.1 Å². The van der Waals surface area contributed by atoms with Crippen LogP contribution in [0.2, 0.25) is 0 Å². The maximum atomic E-state index is 12.6. The molecular formula is C19H18F3N2O. The van der Waals surface area contributed by atoms with Crippen LogP contribution in [0.15, 0.2) is 48.5 Å². The van der Waals surface area contributed by atoms with E-state index in [1.165, 1.54) is 12.1 Å². The molecule has 1 fully saturated rings. The predicted molar refractivity (Wildman–Crippen MR) is 90.5 cm³/mol. The number of amides is 1.